The molecular weight excluding hydrogens is 396 g/mol. The van der Waals surface area contributed by atoms with Gasteiger partial charge in [0.15, 0.2) is 0 Å². The van der Waals surface area contributed by atoms with Crippen LogP contribution in [0.2, 0.25) is 0 Å². The van der Waals surface area contributed by atoms with Crippen molar-refractivity contribution in [2.24, 2.45) is 0 Å². The van der Waals surface area contributed by atoms with Crippen LogP contribution in [0.5, 0.6) is 0 Å². The second-order valence-electron chi connectivity index (χ2n) is 3.66. The summed E-state index contributed by atoms with van der Waals surface area (Å²) in [6.07, 6.45) is 5.77. The molecule has 15 heavy (non-hydrogen) atoms. The molecule has 0 aromatic rings. The molecule has 6 heteroatoms. The molecule has 0 bridgehead atoms. The van der Waals surface area contributed by atoms with Gasteiger partial charge in [0.25, 0.3) is 5.97 Å². The molecule has 0 aromatic heterocycles. The van der Waals surface area contributed by atoms with Crippen molar-refractivity contribution in [3.63, 3.8) is 0 Å². The summed E-state index contributed by atoms with van der Waals surface area (Å²) in [6, 6.07) is 0. The maximum absolute atomic E-state index is 8.62. The van der Waals surface area contributed by atoms with Crippen molar-refractivity contribution in [2.75, 3.05) is 0 Å². The van der Waals surface area contributed by atoms with Gasteiger partial charge >= 0.3 is 0 Å². The van der Waals surface area contributed by atoms with E-state index in [9.17, 15) is 0 Å². The van der Waals surface area contributed by atoms with Crippen molar-refractivity contribution in [2.45, 2.75) is 53.1 Å². The first kappa shape index (κ1) is 16.3. The molecule has 0 saturated carbocycles. The molecule has 0 rings (SSSR count). The third-order valence-electron chi connectivity index (χ3n) is 1.97. The smallest absolute Gasteiger partial charge is 0.275 e. The van der Waals surface area contributed by atoms with Crippen LogP contribution in [-0.4, -0.2) is 23.4 Å². The summed E-state index contributed by atoms with van der Waals surface area (Å²) in [6.45, 7) is 0. The van der Waals surface area contributed by atoms with Crippen LogP contribution in [0.1, 0.15) is 44.9 Å². The highest BCUT2D eigenvalue weighted by Gasteiger charge is 2.17. The molecule has 0 aliphatic carbocycles. The number of unbranched alkanes of at least 4 members (excludes halogenated alkanes) is 4. The zero-order valence-corrected chi connectivity index (χ0v) is 13.2. The fourth-order valence-corrected chi connectivity index (χ4v) is 2.06. The zero-order chi connectivity index (χ0) is 11.9. The van der Waals surface area contributed by atoms with E-state index in [0.29, 0.717) is 6.42 Å². The summed E-state index contributed by atoms with van der Waals surface area (Å²) < 4.78 is -0.149. The Morgan fingerprint density at radius 2 is 1.07 bits per heavy atom. The molecule has 0 saturated heterocycles. The minimum absolute atomic E-state index is 0.0201. The minimum atomic E-state index is -2.49. The van der Waals surface area contributed by atoms with E-state index in [2.05, 4.69) is 47.8 Å². The third kappa shape index (κ3) is 15.3. The van der Waals surface area contributed by atoms with Crippen LogP contribution in [-0.2, 0) is 0 Å². The molecule has 0 aromatic carbocycles. The number of hydrogen-bond donors (Lipinski definition) is 3. The van der Waals surface area contributed by atoms with E-state index < -0.39 is 5.97 Å². The van der Waals surface area contributed by atoms with Crippen molar-refractivity contribution >= 4 is 47.8 Å². The summed E-state index contributed by atoms with van der Waals surface area (Å²) in [5.41, 5.74) is 0. The van der Waals surface area contributed by atoms with Gasteiger partial charge in [-0.05, 0) is 12.8 Å². The Labute approximate surface area is 116 Å². The maximum atomic E-state index is 8.62. The zero-order valence-electron chi connectivity index (χ0n) is 8.43. The summed E-state index contributed by atoms with van der Waals surface area (Å²) in [5.74, 6) is -2.49. The van der Waals surface area contributed by atoms with Gasteiger partial charge in [0.1, 0.15) is 2.14 Å². The van der Waals surface area contributed by atoms with Crippen LogP contribution in [0.15, 0.2) is 0 Å². The fourth-order valence-electron chi connectivity index (χ4n) is 1.22. The third-order valence-corrected chi connectivity index (χ3v) is 3.16. The SMILES string of the molecule is OC(O)(O)CCCCCCCC(Br)(Br)Br. The molecule has 3 nitrogen and oxygen atoms in total. The predicted octanol–water partition coefficient (Wildman–Crippen LogP) is 3.19. The first-order valence-electron chi connectivity index (χ1n) is 4.94. The van der Waals surface area contributed by atoms with Gasteiger partial charge in [-0.1, -0.05) is 73.5 Å². The maximum Gasteiger partial charge on any atom is 0.275 e. The molecule has 0 heterocycles. The van der Waals surface area contributed by atoms with Crippen LogP contribution in [0, 0.1) is 0 Å². The van der Waals surface area contributed by atoms with Crippen molar-refractivity contribution in [3.05, 3.63) is 0 Å². The van der Waals surface area contributed by atoms with Crippen molar-refractivity contribution in [1.82, 2.24) is 0 Å². The van der Waals surface area contributed by atoms with E-state index in [1.54, 1.807) is 0 Å². The van der Waals surface area contributed by atoms with E-state index in [1.165, 1.54) is 0 Å². The van der Waals surface area contributed by atoms with Crippen molar-refractivity contribution in [3.8, 4) is 0 Å². The molecule has 0 aliphatic rings. The molecule has 0 radical (unpaired) electrons. The Bertz CT molecular complexity index is 145. The van der Waals surface area contributed by atoms with Gasteiger partial charge in [-0.3, -0.25) is 0 Å². The standard InChI is InChI=1S/C9H17Br3O3/c10-8(11,12)6-4-2-1-3-5-7-9(13,14)15/h13-15H,1-7H2. The van der Waals surface area contributed by atoms with Crippen LogP contribution >= 0.6 is 47.8 Å². The summed E-state index contributed by atoms with van der Waals surface area (Å²) in [7, 11) is 0. The molecule has 0 fully saturated rings. The number of aliphatic hydroxyl groups is 3. The highest BCUT2D eigenvalue weighted by Crippen LogP contribution is 2.38. The van der Waals surface area contributed by atoms with Gasteiger partial charge in [0, 0.05) is 6.42 Å². The Balaban J connectivity index is 3.20. The highest BCUT2D eigenvalue weighted by atomic mass is 80.0. The molecule has 0 amide bonds. The number of halogens is 3. The Morgan fingerprint density at radius 3 is 1.47 bits per heavy atom. The average molecular weight is 413 g/mol. The summed E-state index contributed by atoms with van der Waals surface area (Å²) >= 11 is 10.3. The molecular formula is C9H17Br3O3. The van der Waals surface area contributed by atoms with Crippen LogP contribution < -0.4 is 0 Å². The molecule has 0 spiro atoms. The van der Waals surface area contributed by atoms with Gasteiger partial charge in [-0.25, -0.2) is 0 Å². The number of hydrogen-bond acceptors (Lipinski definition) is 3. The molecule has 3 N–H and O–H groups in total. The van der Waals surface area contributed by atoms with E-state index in [1.807, 2.05) is 0 Å². The lowest BCUT2D eigenvalue weighted by atomic mass is 10.1. The molecule has 0 atom stereocenters. The lowest BCUT2D eigenvalue weighted by Crippen LogP contribution is -2.26. The second kappa shape index (κ2) is 7.61. The first-order valence-corrected chi connectivity index (χ1v) is 7.32. The predicted molar refractivity (Wildman–Crippen MR) is 71.2 cm³/mol. The largest absolute Gasteiger partial charge is 0.344 e. The van der Waals surface area contributed by atoms with Crippen LogP contribution in [0.25, 0.3) is 0 Å². The molecule has 0 aliphatic heterocycles. The van der Waals surface area contributed by atoms with E-state index in [0.717, 1.165) is 32.1 Å². The first-order chi connectivity index (χ1) is 6.71. The van der Waals surface area contributed by atoms with E-state index in [-0.39, 0.29) is 8.56 Å². The highest BCUT2D eigenvalue weighted by molar-refractivity contribution is 9.39. The lowest BCUT2D eigenvalue weighted by Gasteiger charge is -2.13. The van der Waals surface area contributed by atoms with Gasteiger partial charge in [-0.2, -0.15) is 0 Å². The normalized spacial score (nSPS) is 13.2. The Hall–Kier alpha value is 1.32. The van der Waals surface area contributed by atoms with E-state index in [4.69, 9.17) is 15.3 Å². The molecule has 0 unspecified atom stereocenters. The monoisotopic (exact) mass is 410 g/mol. The number of alkyl halides is 3. The minimum Gasteiger partial charge on any atom is -0.344 e. The number of rotatable bonds is 7. The fraction of sp³-hybridized carbons (Fsp3) is 1.00. The van der Waals surface area contributed by atoms with Crippen LogP contribution in [0.3, 0.4) is 0 Å². The van der Waals surface area contributed by atoms with Gasteiger partial charge < -0.3 is 15.3 Å². The van der Waals surface area contributed by atoms with E-state index >= 15 is 0 Å². The quantitative estimate of drug-likeness (QED) is 0.342. The second-order valence-corrected chi connectivity index (χ2v) is 10.9. The van der Waals surface area contributed by atoms with Gasteiger partial charge in [0.05, 0.1) is 0 Å². The van der Waals surface area contributed by atoms with Crippen molar-refractivity contribution < 1.29 is 15.3 Å². The van der Waals surface area contributed by atoms with Gasteiger partial charge in [-0.15, -0.1) is 0 Å². The lowest BCUT2D eigenvalue weighted by molar-refractivity contribution is -0.315. The Kier molecular flexibility index (Phi) is 8.28. The average Bonchev–Trinajstić information content (AvgIpc) is 1.98. The van der Waals surface area contributed by atoms with Crippen molar-refractivity contribution in [1.29, 1.82) is 0 Å². The Morgan fingerprint density at radius 1 is 0.667 bits per heavy atom. The summed E-state index contributed by atoms with van der Waals surface area (Å²) in [4.78, 5) is 0. The van der Waals surface area contributed by atoms with Crippen LogP contribution in [0.4, 0.5) is 0 Å². The topological polar surface area (TPSA) is 60.7 Å². The summed E-state index contributed by atoms with van der Waals surface area (Å²) in [5, 5.41) is 25.9. The van der Waals surface area contributed by atoms with Gasteiger partial charge in [0.2, 0.25) is 0 Å². The molecule has 92 valence electrons.